The maximum Gasteiger partial charge on any atom is 0.267 e. The molecule has 0 saturated carbocycles. The third-order valence-electron chi connectivity index (χ3n) is 3.61. The van der Waals surface area contributed by atoms with E-state index in [1.54, 1.807) is 0 Å². The Morgan fingerprint density at radius 1 is 1.21 bits per heavy atom. The molecule has 24 heavy (non-hydrogen) atoms. The van der Waals surface area contributed by atoms with Crippen LogP contribution in [0.3, 0.4) is 0 Å². The molecule has 4 aromatic rings. The highest BCUT2D eigenvalue weighted by atomic mass is 32.1. The van der Waals surface area contributed by atoms with Gasteiger partial charge in [-0.1, -0.05) is 18.2 Å². The van der Waals surface area contributed by atoms with Crippen molar-refractivity contribution in [3.63, 3.8) is 0 Å². The molecule has 5 nitrogen and oxygen atoms in total. The van der Waals surface area contributed by atoms with Crippen molar-refractivity contribution in [3.05, 3.63) is 58.0 Å². The Morgan fingerprint density at radius 3 is 2.71 bits per heavy atom. The number of hydrogen-bond donors (Lipinski definition) is 1. The predicted molar refractivity (Wildman–Crippen MR) is 98.5 cm³/mol. The van der Waals surface area contributed by atoms with E-state index in [4.69, 9.17) is 0 Å². The Labute approximate surface area is 146 Å². The van der Waals surface area contributed by atoms with Crippen LogP contribution in [0.15, 0.2) is 41.8 Å². The molecular formula is C17H14N4OS2. The number of para-hydroxylation sites is 1. The molecule has 0 bridgehead atoms. The summed E-state index contributed by atoms with van der Waals surface area (Å²) in [5, 5.41) is 11.0. The lowest BCUT2D eigenvalue weighted by Gasteiger charge is -2.01. The summed E-state index contributed by atoms with van der Waals surface area (Å²) in [6.45, 7) is 3.86. The molecule has 0 atom stereocenters. The number of nitrogens with one attached hydrogen (secondary N) is 1. The normalized spacial score (nSPS) is 11.1. The van der Waals surface area contributed by atoms with Crippen molar-refractivity contribution >= 4 is 43.9 Å². The van der Waals surface area contributed by atoms with E-state index in [9.17, 15) is 4.79 Å². The first-order valence-corrected chi connectivity index (χ1v) is 9.09. The Balaban J connectivity index is 1.72. The number of amides is 1. The van der Waals surface area contributed by atoms with Gasteiger partial charge in [0.25, 0.3) is 5.91 Å². The molecular weight excluding hydrogens is 340 g/mol. The zero-order valence-corrected chi connectivity index (χ0v) is 14.7. The van der Waals surface area contributed by atoms with E-state index in [1.165, 1.54) is 22.7 Å². The first-order valence-electron chi connectivity index (χ1n) is 7.40. The number of carbonyl (C=O) groups excluding carboxylic acids is 1. The van der Waals surface area contributed by atoms with Gasteiger partial charge < -0.3 is 0 Å². The summed E-state index contributed by atoms with van der Waals surface area (Å²) >= 11 is 2.87. The van der Waals surface area contributed by atoms with Gasteiger partial charge >= 0.3 is 0 Å². The first kappa shape index (κ1) is 15.0. The molecule has 3 aromatic heterocycles. The second-order valence-corrected chi connectivity index (χ2v) is 7.30. The summed E-state index contributed by atoms with van der Waals surface area (Å²) in [7, 11) is 0. The summed E-state index contributed by atoms with van der Waals surface area (Å²) in [5.41, 5.74) is 2.80. The van der Waals surface area contributed by atoms with Gasteiger partial charge in [-0.05, 0) is 32.0 Å². The van der Waals surface area contributed by atoms with E-state index < -0.39 is 0 Å². The van der Waals surface area contributed by atoms with Gasteiger partial charge in [0.15, 0.2) is 5.13 Å². The molecule has 1 aromatic carbocycles. The van der Waals surface area contributed by atoms with Crippen LogP contribution in [0, 0.1) is 13.8 Å². The van der Waals surface area contributed by atoms with Crippen molar-refractivity contribution in [2.24, 2.45) is 0 Å². The number of thiazole rings is 1. The van der Waals surface area contributed by atoms with Crippen molar-refractivity contribution in [1.29, 1.82) is 0 Å². The summed E-state index contributed by atoms with van der Waals surface area (Å²) in [4.78, 5) is 18.4. The van der Waals surface area contributed by atoms with Crippen LogP contribution in [0.1, 0.15) is 21.1 Å². The molecule has 0 aliphatic rings. The van der Waals surface area contributed by atoms with Crippen LogP contribution in [0.4, 0.5) is 5.13 Å². The topological polar surface area (TPSA) is 59.8 Å². The number of rotatable bonds is 3. The van der Waals surface area contributed by atoms with Crippen molar-refractivity contribution < 1.29 is 4.79 Å². The van der Waals surface area contributed by atoms with E-state index in [0.29, 0.717) is 10.0 Å². The molecule has 1 amide bonds. The van der Waals surface area contributed by atoms with Crippen molar-refractivity contribution in [2.45, 2.75) is 13.8 Å². The zero-order valence-electron chi connectivity index (χ0n) is 13.1. The standard InChI is InChI=1S/C17H14N4OS2/c1-10-9-23-17(18-10)19-15(22)14-8-13-11(2)20-21(16(13)24-14)12-6-4-3-5-7-12/h3-9H,1-2H3,(H,18,19,22). The maximum absolute atomic E-state index is 12.5. The molecule has 4 rings (SSSR count). The minimum Gasteiger partial charge on any atom is -0.297 e. The molecule has 0 aliphatic heterocycles. The third-order valence-corrected chi connectivity index (χ3v) is 5.59. The first-order chi connectivity index (χ1) is 11.6. The van der Waals surface area contributed by atoms with Gasteiger partial charge in [-0.15, -0.1) is 22.7 Å². The number of hydrogen-bond acceptors (Lipinski definition) is 5. The average Bonchev–Trinajstić information content (AvgIpc) is 3.26. The Bertz CT molecular complexity index is 1030. The van der Waals surface area contributed by atoms with Gasteiger partial charge in [-0.3, -0.25) is 10.1 Å². The van der Waals surface area contributed by atoms with Crippen LogP contribution in [-0.4, -0.2) is 20.7 Å². The van der Waals surface area contributed by atoms with E-state index in [-0.39, 0.29) is 5.91 Å². The highest BCUT2D eigenvalue weighted by Crippen LogP contribution is 2.31. The second kappa shape index (κ2) is 5.85. The summed E-state index contributed by atoms with van der Waals surface area (Å²) in [6.07, 6.45) is 0. The molecule has 3 heterocycles. The minimum absolute atomic E-state index is 0.135. The third kappa shape index (κ3) is 2.61. The SMILES string of the molecule is Cc1csc(NC(=O)c2cc3c(C)nn(-c4ccccc4)c3s2)n1. The molecule has 7 heteroatoms. The van der Waals surface area contributed by atoms with Crippen LogP contribution in [0.25, 0.3) is 15.9 Å². The Hall–Kier alpha value is -2.51. The molecule has 120 valence electrons. The summed E-state index contributed by atoms with van der Waals surface area (Å²) in [5.74, 6) is -0.135. The van der Waals surface area contributed by atoms with Crippen LogP contribution in [-0.2, 0) is 0 Å². The molecule has 1 N–H and O–H groups in total. The lowest BCUT2D eigenvalue weighted by Crippen LogP contribution is -2.09. The number of nitrogens with zero attached hydrogens (tertiary/aromatic N) is 3. The highest BCUT2D eigenvalue weighted by molar-refractivity contribution is 7.20. The molecule has 0 saturated heterocycles. The minimum atomic E-state index is -0.135. The fourth-order valence-corrected chi connectivity index (χ4v) is 4.23. The second-order valence-electron chi connectivity index (χ2n) is 5.41. The van der Waals surface area contributed by atoms with Crippen molar-refractivity contribution in [3.8, 4) is 5.69 Å². The summed E-state index contributed by atoms with van der Waals surface area (Å²) < 4.78 is 1.89. The Kier molecular flexibility index (Phi) is 3.66. The van der Waals surface area contributed by atoms with E-state index in [0.717, 1.165) is 27.3 Å². The largest absolute Gasteiger partial charge is 0.297 e. The average molecular weight is 354 g/mol. The number of aryl methyl sites for hydroxylation is 2. The molecule has 0 spiro atoms. The highest BCUT2D eigenvalue weighted by Gasteiger charge is 2.17. The van der Waals surface area contributed by atoms with Crippen molar-refractivity contribution in [1.82, 2.24) is 14.8 Å². The number of aromatic nitrogens is 3. The van der Waals surface area contributed by atoms with E-state index in [1.807, 2.05) is 60.3 Å². The Morgan fingerprint density at radius 2 is 2.00 bits per heavy atom. The van der Waals surface area contributed by atoms with Gasteiger partial charge in [-0.2, -0.15) is 5.10 Å². The van der Waals surface area contributed by atoms with Crippen molar-refractivity contribution in [2.75, 3.05) is 5.32 Å². The number of thiophene rings is 1. The fraction of sp³-hybridized carbons (Fsp3) is 0.118. The molecule has 0 radical (unpaired) electrons. The van der Waals surface area contributed by atoms with Crippen LogP contribution in [0.5, 0.6) is 0 Å². The lowest BCUT2D eigenvalue weighted by atomic mass is 10.3. The smallest absolute Gasteiger partial charge is 0.267 e. The maximum atomic E-state index is 12.5. The monoisotopic (exact) mass is 354 g/mol. The molecule has 0 unspecified atom stereocenters. The van der Waals surface area contributed by atoms with E-state index >= 15 is 0 Å². The fourth-order valence-electron chi connectivity index (χ4n) is 2.47. The quantitative estimate of drug-likeness (QED) is 0.593. The molecule has 0 fully saturated rings. The van der Waals surface area contributed by atoms with Crippen LogP contribution in [0.2, 0.25) is 0 Å². The van der Waals surface area contributed by atoms with Crippen LogP contribution >= 0.6 is 22.7 Å². The number of carbonyl (C=O) groups is 1. The van der Waals surface area contributed by atoms with Crippen LogP contribution < -0.4 is 5.32 Å². The van der Waals surface area contributed by atoms with Gasteiger partial charge in [0.1, 0.15) is 4.83 Å². The number of fused-ring (bicyclic) bond motifs is 1. The van der Waals surface area contributed by atoms with Gasteiger partial charge in [0.05, 0.1) is 22.0 Å². The predicted octanol–water partition coefficient (Wildman–Crippen LogP) is 4.41. The molecule has 0 aliphatic carbocycles. The number of anilines is 1. The number of benzene rings is 1. The van der Waals surface area contributed by atoms with Gasteiger partial charge in [0, 0.05) is 10.8 Å². The lowest BCUT2D eigenvalue weighted by molar-refractivity contribution is 0.103. The van der Waals surface area contributed by atoms with E-state index in [2.05, 4.69) is 15.4 Å². The van der Waals surface area contributed by atoms with Gasteiger partial charge in [0.2, 0.25) is 0 Å². The summed E-state index contributed by atoms with van der Waals surface area (Å²) in [6, 6.07) is 11.8. The zero-order chi connectivity index (χ0) is 16.7. The van der Waals surface area contributed by atoms with Gasteiger partial charge in [-0.25, -0.2) is 9.67 Å².